The van der Waals surface area contributed by atoms with Crippen molar-refractivity contribution in [2.45, 2.75) is 4.90 Å². The van der Waals surface area contributed by atoms with Gasteiger partial charge in [-0.3, -0.25) is 14.8 Å². The van der Waals surface area contributed by atoms with Gasteiger partial charge in [-0.15, -0.1) is 0 Å². The van der Waals surface area contributed by atoms with Crippen molar-refractivity contribution in [2.75, 3.05) is 11.8 Å². The number of aromatic carboxylic acids is 1. The van der Waals surface area contributed by atoms with Crippen molar-refractivity contribution in [3.05, 3.63) is 58.1 Å². The van der Waals surface area contributed by atoms with Crippen LogP contribution in [0.1, 0.15) is 10.4 Å². The van der Waals surface area contributed by atoms with Crippen LogP contribution in [0, 0.1) is 10.1 Å². The van der Waals surface area contributed by atoms with Gasteiger partial charge in [0, 0.05) is 12.1 Å². The van der Waals surface area contributed by atoms with Crippen LogP contribution in [0.15, 0.2) is 47.4 Å². The number of non-ortho nitro benzene ring substituents is 1. The number of anilines is 1. The highest BCUT2D eigenvalue weighted by Crippen LogP contribution is 2.30. The van der Waals surface area contributed by atoms with E-state index in [0.717, 1.165) is 18.2 Å². The van der Waals surface area contributed by atoms with Crippen molar-refractivity contribution < 1.29 is 28.0 Å². The van der Waals surface area contributed by atoms with Crippen LogP contribution < -0.4 is 9.46 Å². The van der Waals surface area contributed by atoms with Crippen LogP contribution in [0.5, 0.6) is 5.75 Å². The maximum atomic E-state index is 12.5. The molecule has 10 heteroatoms. The van der Waals surface area contributed by atoms with Crippen molar-refractivity contribution in [1.82, 2.24) is 0 Å². The standard InChI is InChI=1S/C14H12N2O7S/c1-23-12-7-6-9(16(19)20)8-13(12)24(21,22)15-11-5-3-2-4-10(11)14(17)18/h2-8,15H,1H3,(H,17,18). The number of methoxy groups -OCH3 is 1. The minimum atomic E-state index is -4.31. The SMILES string of the molecule is COc1ccc([N+](=O)[O-])cc1S(=O)(=O)Nc1ccccc1C(=O)O. The molecular formula is C14H12N2O7S. The molecule has 0 amide bonds. The van der Waals surface area contributed by atoms with Crippen molar-refractivity contribution >= 4 is 27.4 Å². The molecule has 2 aromatic carbocycles. The number of nitrogens with zero attached hydrogens (tertiary/aromatic N) is 1. The molecule has 0 fully saturated rings. The van der Waals surface area contributed by atoms with Gasteiger partial charge in [0.15, 0.2) is 0 Å². The van der Waals surface area contributed by atoms with Gasteiger partial charge in [0.1, 0.15) is 10.6 Å². The van der Waals surface area contributed by atoms with Crippen LogP contribution in [-0.4, -0.2) is 31.5 Å². The van der Waals surface area contributed by atoms with E-state index in [1.807, 2.05) is 0 Å². The third kappa shape index (κ3) is 3.43. The summed E-state index contributed by atoms with van der Waals surface area (Å²) in [6.45, 7) is 0. The molecule has 0 aliphatic carbocycles. The summed E-state index contributed by atoms with van der Waals surface area (Å²) in [5.41, 5.74) is -0.869. The Bertz CT molecular complexity index is 909. The van der Waals surface area contributed by atoms with Gasteiger partial charge in [0.25, 0.3) is 15.7 Å². The van der Waals surface area contributed by atoms with Crippen LogP contribution in [0.4, 0.5) is 11.4 Å². The quantitative estimate of drug-likeness (QED) is 0.600. The van der Waals surface area contributed by atoms with E-state index in [2.05, 4.69) is 4.72 Å². The number of ether oxygens (including phenoxy) is 1. The zero-order chi connectivity index (χ0) is 17.9. The molecule has 126 valence electrons. The lowest BCUT2D eigenvalue weighted by atomic mass is 10.2. The Morgan fingerprint density at radius 1 is 1.25 bits per heavy atom. The van der Waals surface area contributed by atoms with Gasteiger partial charge in [0.05, 0.1) is 23.3 Å². The molecule has 9 nitrogen and oxygen atoms in total. The second-order valence-corrected chi connectivity index (χ2v) is 6.20. The first kappa shape index (κ1) is 17.2. The van der Waals surface area contributed by atoms with Crippen molar-refractivity contribution in [2.24, 2.45) is 0 Å². The minimum absolute atomic E-state index is 0.110. The molecule has 2 aromatic rings. The summed E-state index contributed by atoms with van der Waals surface area (Å²) in [7, 11) is -3.10. The number of para-hydroxylation sites is 1. The molecular weight excluding hydrogens is 340 g/mol. The van der Waals surface area contributed by atoms with Crippen LogP contribution in [0.2, 0.25) is 0 Å². The summed E-state index contributed by atoms with van der Waals surface area (Å²) < 4.78 is 32.1. The van der Waals surface area contributed by atoms with Crippen molar-refractivity contribution in [3.63, 3.8) is 0 Å². The zero-order valence-electron chi connectivity index (χ0n) is 12.3. The third-order valence-corrected chi connectivity index (χ3v) is 4.44. The molecule has 0 saturated carbocycles. The molecule has 0 aliphatic rings. The number of hydrogen-bond acceptors (Lipinski definition) is 6. The first-order chi connectivity index (χ1) is 11.3. The third-order valence-electron chi connectivity index (χ3n) is 3.05. The van der Waals surface area contributed by atoms with E-state index in [1.54, 1.807) is 0 Å². The highest BCUT2D eigenvalue weighted by atomic mass is 32.2. The summed E-state index contributed by atoms with van der Waals surface area (Å²) in [5, 5.41) is 20.0. The average molecular weight is 352 g/mol. The van der Waals surface area contributed by atoms with E-state index in [0.29, 0.717) is 0 Å². The fourth-order valence-corrected chi connectivity index (χ4v) is 3.22. The fourth-order valence-electron chi connectivity index (χ4n) is 1.95. The summed E-state index contributed by atoms with van der Waals surface area (Å²) in [5.74, 6) is -1.43. The number of rotatable bonds is 6. The van der Waals surface area contributed by atoms with E-state index >= 15 is 0 Å². The topological polar surface area (TPSA) is 136 Å². The summed E-state index contributed by atoms with van der Waals surface area (Å²) in [6, 6.07) is 8.48. The number of carbonyl (C=O) groups is 1. The molecule has 0 aliphatic heterocycles. The van der Waals surface area contributed by atoms with E-state index < -0.39 is 31.5 Å². The Balaban J connectivity index is 2.54. The second-order valence-electron chi connectivity index (χ2n) is 4.55. The normalized spacial score (nSPS) is 10.9. The molecule has 24 heavy (non-hydrogen) atoms. The molecule has 0 aromatic heterocycles. The second kappa shape index (κ2) is 6.54. The number of benzene rings is 2. The smallest absolute Gasteiger partial charge is 0.337 e. The largest absolute Gasteiger partial charge is 0.495 e. The number of nitrogens with one attached hydrogen (secondary N) is 1. The molecule has 2 N–H and O–H groups in total. The van der Waals surface area contributed by atoms with E-state index in [4.69, 9.17) is 9.84 Å². The zero-order valence-corrected chi connectivity index (χ0v) is 13.1. The summed E-state index contributed by atoms with van der Waals surface area (Å²) in [6.07, 6.45) is 0. The lowest BCUT2D eigenvalue weighted by Crippen LogP contribution is -2.16. The van der Waals surface area contributed by atoms with E-state index in [1.165, 1.54) is 31.4 Å². The predicted octanol–water partition coefficient (Wildman–Crippen LogP) is 2.10. The molecule has 2 rings (SSSR count). The van der Waals surface area contributed by atoms with Crippen LogP contribution in [0.3, 0.4) is 0 Å². The monoisotopic (exact) mass is 352 g/mol. The number of sulfonamides is 1. The summed E-state index contributed by atoms with van der Waals surface area (Å²) >= 11 is 0. The maximum Gasteiger partial charge on any atom is 0.337 e. The summed E-state index contributed by atoms with van der Waals surface area (Å²) in [4.78, 5) is 20.8. The lowest BCUT2D eigenvalue weighted by molar-refractivity contribution is -0.385. The molecule has 0 atom stereocenters. The number of nitro groups is 1. The Labute approximate surface area is 136 Å². The van der Waals surface area contributed by atoms with Gasteiger partial charge >= 0.3 is 5.97 Å². The number of hydrogen-bond donors (Lipinski definition) is 2. The van der Waals surface area contributed by atoms with E-state index in [-0.39, 0.29) is 17.0 Å². The van der Waals surface area contributed by atoms with Crippen LogP contribution >= 0.6 is 0 Å². The number of carboxylic acid groups (broad SMARTS) is 1. The number of nitro benzene ring substituents is 1. The lowest BCUT2D eigenvalue weighted by Gasteiger charge is -2.12. The van der Waals surface area contributed by atoms with Crippen LogP contribution in [-0.2, 0) is 10.0 Å². The van der Waals surface area contributed by atoms with Crippen LogP contribution in [0.25, 0.3) is 0 Å². The predicted molar refractivity (Wildman–Crippen MR) is 83.9 cm³/mol. The van der Waals surface area contributed by atoms with Gasteiger partial charge in [-0.05, 0) is 18.2 Å². The van der Waals surface area contributed by atoms with Crippen molar-refractivity contribution in [3.8, 4) is 5.75 Å². The molecule has 0 radical (unpaired) electrons. The Morgan fingerprint density at radius 3 is 2.50 bits per heavy atom. The van der Waals surface area contributed by atoms with Gasteiger partial charge in [-0.2, -0.15) is 0 Å². The molecule has 0 heterocycles. The molecule has 0 saturated heterocycles. The van der Waals surface area contributed by atoms with Crippen molar-refractivity contribution in [1.29, 1.82) is 0 Å². The average Bonchev–Trinajstić information content (AvgIpc) is 2.54. The van der Waals surface area contributed by atoms with Gasteiger partial charge in [-0.25, -0.2) is 13.2 Å². The Hall–Kier alpha value is -3.14. The molecule has 0 spiro atoms. The maximum absolute atomic E-state index is 12.5. The van der Waals surface area contributed by atoms with Gasteiger partial charge < -0.3 is 9.84 Å². The minimum Gasteiger partial charge on any atom is -0.495 e. The van der Waals surface area contributed by atoms with Gasteiger partial charge in [-0.1, -0.05) is 12.1 Å². The Morgan fingerprint density at radius 2 is 1.92 bits per heavy atom. The molecule has 0 bridgehead atoms. The van der Waals surface area contributed by atoms with Gasteiger partial charge in [0.2, 0.25) is 0 Å². The fraction of sp³-hybridized carbons (Fsp3) is 0.0714. The van der Waals surface area contributed by atoms with E-state index in [9.17, 15) is 23.3 Å². The highest BCUT2D eigenvalue weighted by Gasteiger charge is 2.24. The first-order valence-corrected chi connectivity index (χ1v) is 7.92. The Kier molecular flexibility index (Phi) is 4.69. The molecule has 0 unspecified atom stereocenters. The first-order valence-electron chi connectivity index (χ1n) is 6.44. The number of carboxylic acids is 1. The highest BCUT2D eigenvalue weighted by molar-refractivity contribution is 7.92.